The van der Waals surface area contributed by atoms with Crippen molar-refractivity contribution in [2.24, 2.45) is 10.4 Å². The Morgan fingerprint density at radius 2 is 1.86 bits per heavy atom. The lowest BCUT2D eigenvalue weighted by molar-refractivity contribution is 0.0691. The van der Waals surface area contributed by atoms with Crippen molar-refractivity contribution in [1.82, 2.24) is 9.97 Å². The second-order valence-electron chi connectivity index (χ2n) is 8.85. The number of ether oxygens (including phenoxy) is 2. The number of rotatable bonds is 6. The molecule has 2 N–H and O–H groups in total. The number of fused-ring (bicyclic) bond motifs is 1. The number of pyridine rings is 1. The number of benzene rings is 2. The van der Waals surface area contributed by atoms with Crippen molar-refractivity contribution >= 4 is 16.9 Å². The highest BCUT2D eigenvalue weighted by Gasteiger charge is 2.29. The first kappa shape index (κ1) is 22.9. The third-order valence-electron chi connectivity index (χ3n) is 5.93. The fraction of sp³-hybridized carbons (Fsp3) is 0.231. The number of aromatic amines is 1. The van der Waals surface area contributed by atoms with Crippen LogP contribution in [0.25, 0.3) is 22.2 Å². The number of aliphatic hydroxyl groups excluding tert-OH is 1. The van der Waals surface area contributed by atoms with Gasteiger partial charge < -0.3 is 19.6 Å². The molecule has 0 bridgehead atoms. The van der Waals surface area contributed by atoms with E-state index < -0.39 is 28.6 Å². The van der Waals surface area contributed by atoms with Crippen molar-refractivity contribution in [3.8, 4) is 22.6 Å². The van der Waals surface area contributed by atoms with Gasteiger partial charge in [0.15, 0.2) is 23.3 Å². The van der Waals surface area contributed by atoms with E-state index in [1.54, 1.807) is 24.4 Å². The predicted molar refractivity (Wildman–Crippen MR) is 125 cm³/mol. The minimum Gasteiger partial charge on any atom is -0.480 e. The van der Waals surface area contributed by atoms with E-state index in [0.717, 1.165) is 12.1 Å². The quantitative estimate of drug-likeness (QED) is 0.386. The monoisotopic (exact) mass is 481 g/mol. The summed E-state index contributed by atoms with van der Waals surface area (Å²) in [5.74, 6) is -2.35. The molecule has 1 aliphatic rings. The van der Waals surface area contributed by atoms with Gasteiger partial charge >= 0.3 is 0 Å². The molecular weight excluding hydrogens is 459 g/mol. The summed E-state index contributed by atoms with van der Waals surface area (Å²) in [7, 11) is 0. The van der Waals surface area contributed by atoms with Gasteiger partial charge in [0.2, 0.25) is 0 Å². The molecule has 4 aromatic rings. The summed E-state index contributed by atoms with van der Waals surface area (Å²) in [5.41, 5.74) is 1.01. The van der Waals surface area contributed by atoms with Crippen molar-refractivity contribution < 1.29 is 27.8 Å². The van der Waals surface area contributed by atoms with Crippen molar-refractivity contribution in [2.75, 3.05) is 19.8 Å². The zero-order chi connectivity index (χ0) is 24.6. The SMILES string of the molecule is CC1(CO)CN=C(Cc2cc(F)c(Oc3ccnc4[nH]cc(-c5ccccc5F)c34)c(F)c2)OC1. The number of aromatic nitrogens is 2. The van der Waals surface area contributed by atoms with Gasteiger partial charge in [0.1, 0.15) is 17.2 Å². The Morgan fingerprint density at radius 3 is 2.54 bits per heavy atom. The highest BCUT2D eigenvalue weighted by Crippen LogP contribution is 2.39. The van der Waals surface area contributed by atoms with Crippen LogP contribution in [-0.4, -0.2) is 40.7 Å². The van der Waals surface area contributed by atoms with Crippen LogP contribution in [0.5, 0.6) is 11.5 Å². The second-order valence-corrected chi connectivity index (χ2v) is 8.85. The second kappa shape index (κ2) is 9.07. The van der Waals surface area contributed by atoms with Gasteiger partial charge in [-0.3, -0.25) is 4.99 Å². The highest BCUT2D eigenvalue weighted by molar-refractivity contribution is 5.98. The number of H-pyrrole nitrogens is 1. The van der Waals surface area contributed by atoms with Crippen molar-refractivity contribution in [1.29, 1.82) is 0 Å². The normalized spacial score (nSPS) is 17.8. The summed E-state index contributed by atoms with van der Waals surface area (Å²) in [6.45, 7) is 2.41. The molecule has 0 fully saturated rings. The third kappa shape index (κ3) is 4.46. The molecule has 1 aliphatic heterocycles. The van der Waals surface area contributed by atoms with E-state index in [2.05, 4.69) is 15.0 Å². The third-order valence-corrected chi connectivity index (χ3v) is 5.93. The Balaban J connectivity index is 1.45. The van der Waals surface area contributed by atoms with Crippen molar-refractivity contribution in [2.45, 2.75) is 13.3 Å². The van der Waals surface area contributed by atoms with E-state index in [-0.39, 0.29) is 25.4 Å². The Bertz CT molecular complexity index is 1410. The molecule has 0 spiro atoms. The van der Waals surface area contributed by atoms with E-state index >= 15 is 0 Å². The lowest BCUT2D eigenvalue weighted by Gasteiger charge is -2.30. The summed E-state index contributed by atoms with van der Waals surface area (Å²) in [4.78, 5) is 11.4. The van der Waals surface area contributed by atoms with Crippen LogP contribution in [-0.2, 0) is 11.2 Å². The Labute approximate surface area is 199 Å². The smallest absolute Gasteiger partial charge is 0.198 e. The van der Waals surface area contributed by atoms with E-state index in [1.807, 2.05) is 6.92 Å². The van der Waals surface area contributed by atoms with E-state index in [4.69, 9.17) is 9.47 Å². The van der Waals surface area contributed by atoms with Gasteiger partial charge in [-0.2, -0.15) is 0 Å². The molecule has 3 heterocycles. The van der Waals surface area contributed by atoms with E-state index in [0.29, 0.717) is 40.2 Å². The zero-order valence-corrected chi connectivity index (χ0v) is 18.8. The molecule has 9 heteroatoms. The maximum atomic E-state index is 15.0. The fourth-order valence-corrected chi connectivity index (χ4v) is 3.93. The van der Waals surface area contributed by atoms with Gasteiger partial charge in [0, 0.05) is 35.4 Å². The molecule has 180 valence electrons. The molecule has 35 heavy (non-hydrogen) atoms. The van der Waals surface area contributed by atoms with Gasteiger partial charge in [-0.15, -0.1) is 0 Å². The first-order chi connectivity index (χ1) is 16.9. The molecule has 0 saturated carbocycles. The van der Waals surface area contributed by atoms with Gasteiger partial charge in [-0.25, -0.2) is 18.2 Å². The van der Waals surface area contributed by atoms with Crippen molar-refractivity contribution in [3.63, 3.8) is 0 Å². The number of halogens is 3. The molecule has 6 nitrogen and oxygen atoms in total. The summed E-state index contributed by atoms with van der Waals surface area (Å²) in [6, 6.07) is 9.99. The predicted octanol–water partition coefficient (Wildman–Crippen LogP) is 5.41. The topological polar surface area (TPSA) is 79.7 Å². The molecule has 2 aromatic heterocycles. The van der Waals surface area contributed by atoms with Gasteiger partial charge in [0.25, 0.3) is 0 Å². The molecule has 0 radical (unpaired) electrons. The molecule has 1 atom stereocenters. The van der Waals surface area contributed by atoms with Gasteiger partial charge in [-0.05, 0) is 29.8 Å². The molecular formula is C26H22F3N3O3. The van der Waals surface area contributed by atoms with Crippen LogP contribution >= 0.6 is 0 Å². The average Bonchev–Trinajstić information content (AvgIpc) is 3.28. The average molecular weight is 481 g/mol. The molecule has 0 amide bonds. The first-order valence-corrected chi connectivity index (χ1v) is 11.0. The Morgan fingerprint density at radius 1 is 1.09 bits per heavy atom. The standard InChI is InChI=1S/C26H22F3N3O3/c1-26(13-33)12-32-22(34-14-26)10-15-8-19(28)24(20(29)9-15)35-21-6-7-30-25-23(21)17(11-31-25)16-4-2-3-5-18(16)27/h2-9,11,33H,10,12-14H2,1H3,(H,30,31). The van der Waals surface area contributed by atoms with Crippen LogP contribution in [0.2, 0.25) is 0 Å². The van der Waals surface area contributed by atoms with Crippen LogP contribution in [0.3, 0.4) is 0 Å². The fourth-order valence-electron chi connectivity index (χ4n) is 3.93. The minimum absolute atomic E-state index is 0.0683. The van der Waals surface area contributed by atoms with Crippen molar-refractivity contribution in [3.05, 3.63) is 77.9 Å². The lowest BCUT2D eigenvalue weighted by atomic mass is 9.92. The number of hydrogen-bond donors (Lipinski definition) is 2. The van der Waals surface area contributed by atoms with Crippen LogP contribution in [0.15, 0.2) is 59.9 Å². The zero-order valence-electron chi connectivity index (χ0n) is 18.8. The number of hydrogen-bond acceptors (Lipinski definition) is 5. The van der Waals surface area contributed by atoms with E-state index in [1.165, 1.54) is 18.3 Å². The Hall–Kier alpha value is -3.85. The lowest BCUT2D eigenvalue weighted by Crippen LogP contribution is -2.36. The molecule has 0 aliphatic carbocycles. The summed E-state index contributed by atoms with van der Waals surface area (Å²) in [5, 5.41) is 9.81. The number of nitrogens with zero attached hydrogens (tertiary/aromatic N) is 2. The van der Waals surface area contributed by atoms with Crippen LogP contribution in [0, 0.1) is 22.9 Å². The largest absolute Gasteiger partial charge is 0.480 e. The molecule has 5 rings (SSSR count). The van der Waals surface area contributed by atoms with Gasteiger partial charge in [-0.1, -0.05) is 25.1 Å². The van der Waals surface area contributed by atoms with Crippen LogP contribution in [0.1, 0.15) is 12.5 Å². The minimum atomic E-state index is -0.899. The maximum Gasteiger partial charge on any atom is 0.198 e. The highest BCUT2D eigenvalue weighted by atomic mass is 19.1. The van der Waals surface area contributed by atoms with Crippen LogP contribution in [0.4, 0.5) is 13.2 Å². The molecule has 1 unspecified atom stereocenters. The number of aliphatic hydroxyl groups is 1. The van der Waals surface area contributed by atoms with Crippen LogP contribution < -0.4 is 4.74 Å². The van der Waals surface area contributed by atoms with E-state index in [9.17, 15) is 18.3 Å². The number of nitrogens with one attached hydrogen (secondary N) is 1. The molecule has 0 saturated heterocycles. The summed E-state index contributed by atoms with van der Waals surface area (Å²) >= 11 is 0. The summed E-state index contributed by atoms with van der Waals surface area (Å²) in [6.07, 6.45) is 3.11. The van der Waals surface area contributed by atoms with Gasteiger partial charge in [0.05, 0.1) is 25.1 Å². The maximum absolute atomic E-state index is 15.0. The first-order valence-electron chi connectivity index (χ1n) is 11.0. The molecule has 2 aromatic carbocycles. The number of aliphatic imine (C=N–C) groups is 1. The Kier molecular flexibility index (Phi) is 5.94. The summed E-state index contributed by atoms with van der Waals surface area (Å²) < 4.78 is 55.6.